The molecular formula is C18H23N3O5S2. The Morgan fingerprint density at radius 3 is 2.64 bits per heavy atom. The van der Waals surface area contributed by atoms with Crippen LogP contribution in [0.2, 0.25) is 0 Å². The lowest BCUT2D eigenvalue weighted by Gasteiger charge is -2.37. The van der Waals surface area contributed by atoms with Crippen LogP contribution in [-0.2, 0) is 24.2 Å². The highest BCUT2D eigenvalue weighted by atomic mass is 32.2. The first-order chi connectivity index (χ1) is 13.3. The zero-order valence-corrected chi connectivity index (χ0v) is 17.4. The number of esters is 1. The predicted octanol–water partition coefficient (Wildman–Crippen LogP) is 1.13. The Kier molecular flexibility index (Phi) is 6.29. The van der Waals surface area contributed by atoms with E-state index in [0.29, 0.717) is 23.7 Å². The Morgan fingerprint density at radius 2 is 2.00 bits per heavy atom. The minimum Gasteiger partial charge on any atom is -0.461 e. The van der Waals surface area contributed by atoms with Gasteiger partial charge >= 0.3 is 5.97 Å². The van der Waals surface area contributed by atoms with Crippen LogP contribution in [0.25, 0.3) is 0 Å². The molecule has 0 spiro atoms. The second-order valence-electron chi connectivity index (χ2n) is 6.56. The van der Waals surface area contributed by atoms with Crippen molar-refractivity contribution in [2.24, 2.45) is 5.10 Å². The lowest BCUT2D eigenvalue weighted by molar-refractivity contribution is -0.135. The lowest BCUT2D eigenvalue weighted by atomic mass is 10.1. The third-order valence-corrected chi connectivity index (χ3v) is 7.23. The number of rotatable bonds is 5. The van der Waals surface area contributed by atoms with Crippen LogP contribution in [0, 0.1) is 0 Å². The van der Waals surface area contributed by atoms with Gasteiger partial charge < -0.3 is 9.64 Å². The van der Waals surface area contributed by atoms with E-state index in [1.807, 2.05) is 18.2 Å². The molecule has 2 unspecified atom stereocenters. The molecule has 1 saturated heterocycles. The number of benzene rings is 1. The smallest absolute Gasteiger partial charge is 0.354 e. The van der Waals surface area contributed by atoms with Crippen LogP contribution < -0.4 is 5.01 Å². The van der Waals surface area contributed by atoms with Crippen molar-refractivity contribution in [1.82, 2.24) is 4.90 Å². The molecule has 0 saturated carbocycles. The zero-order chi connectivity index (χ0) is 20.3. The molecule has 2 aliphatic rings. The molecule has 0 bridgehead atoms. The second kappa shape index (κ2) is 8.52. The number of hydrogen-bond donors (Lipinski definition) is 0. The van der Waals surface area contributed by atoms with Gasteiger partial charge in [0.1, 0.15) is 17.1 Å². The number of hydrazone groups is 1. The number of carbonyl (C=O) groups is 2. The first-order valence-corrected chi connectivity index (χ1v) is 12.1. The van der Waals surface area contributed by atoms with Crippen LogP contribution in [0.4, 0.5) is 5.69 Å². The summed E-state index contributed by atoms with van der Waals surface area (Å²) < 4.78 is 29.4. The standard InChI is InChI=1S/C18H23N3O5S2/c1-3-26-18(23)14-11-15(21(19-14)13-7-5-4-6-8-13)17(22)20-9-10-27-12-16(20)28(2,24)25/h4-8,15-16H,3,9-12H2,1-2H3. The summed E-state index contributed by atoms with van der Waals surface area (Å²) in [5, 5.41) is 4.96. The quantitative estimate of drug-likeness (QED) is 0.653. The molecule has 0 N–H and O–H groups in total. The summed E-state index contributed by atoms with van der Waals surface area (Å²) in [6, 6.07) is 8.26. The number of para-hydroxylation sites is 1. The van der Waals surface area contributed by atoms with Gasteiger partial charge in [-0.3, -0.25) is 9.80 Å². The second-order valence-corrected chi connectivity index (χ2v) is 9.91. The van der Waals surface area contributed by atoms with E-state index in [9.17, 15) is 18.0 Å². The van der Waals surface area contributed by atoms with E-state index in [2.05, 4.69) is 5.10 Å². The number of amides is 1. The maximum Gasteiger partial charge on any atom is 0.354 e. The van der Waals surface area contributed by atoms with E-state index in [1.165, 1.54) is 21.7 Å². The average Bonchev–Trinajstić information content (AvgIpc) is 3.13. The van der Waals surface area contributed by atoms with Crippen molar-refractivity contribution in [2.45, 2.75) is 24.8 Å². The predicted molar refractivity (Wildman–Crippen MR) is 109 cm³/mol. The fourth-order valence-electron chi connectivity index (χ4n) is 3.24. The maximum absolute atomic E-state index is 13.4. The minimum atomic E-state index is -3.43. The normalized spacial score (nSPS) is 22.7. The first-order valence-electron chi connectivity index (χ1n) is 8.99. The Balaban J connectivity index is 1.92. The van der Waals surface area contributed by atoms with Crippen molar-refractivity contribution >= 4 is 44.9 Å². The fourth-order valence-corrected chi connectivity index (χ4v) is 6.06. The van der Waals surface area contributed by atoms with Crippen molar-refractivity contribution in [2.75, 3.05) is 35.9 Å². The summed E-state index contributed by atoms with van der Waals surface area (Å²) in [6.07, 6.45) is 1.22. The fraction of sp³-hybridized carbons (Fsp3) is 0.500. The molecule has 28 heavy (non-hydrogen) atoms. The van der Waals surface area contributed by atoms with E-state index < -0.39 is 27.2 Å². The highest BCUT2D eigenvalue weighted by Gasteiger charge is 2.43. The Hall–Kier alpha value is -2.07. The van der Waals surface area contributed by atoms with E-state index in [0.717, 1.165) is 6.26 Å². The number of thioether (sulfide) groups is 1. The van der Waals surface area contributed by atoms with Crippen LogP contribution in [0.15, 0.2) is 35.4 Å². The zero-order valence-electron chi connectivity index (χ0n) is 15.8. The number of anilines is 1. The van der Waals surface area contributed by atoms with Gasteiger partial charge in [0.2, 0.25) is 5.91 Å². The van der Waals surface area contributed by atoms with E-state index in [4.69, 9.17) is 4.74 Å². The molecule has 152 valence electrons. The molecule has 0 aromatic heterocycles. The molecule has 2 heterocycles. The van der Waals surface area contributed by atoms with Crippen molar-refractivity contribution in [3.05, 3.63) is 30.3 Å². The third-order valence-electron chi connectivity index (χ3n) is 4.59. The molecule has 1 fully saturated rings. The van der Waals surface area contributed by atoms with Crippen LogP contribution in [0.3, 0.4) is 0 Å². The van der Waals surface area contributed by atoms with Crippen molar-refractivity contribution in [3.63, 3.8) is 0 Å². The first kappa shape index (κ1) is 20.7. The SMILES string of the molecule is CCOC(=O)C1=NN(c2ccccc2)C(C(=O)N2CCSCC2S(C)(=O)=O)C1. The summed E-state index contributed by atoms with van der Waals surface area (Å²) >= 11 is 1.51. The number of hydrogen-bond acceptors (Lipinski definition) is 8. The number of sulfone groups is 1. The average molecular weight is 426 g/mol. The van der Waals surface area contributed by atoms with Crippen LogP contribution in [0.1, 0.15) is 13.3 Å². The van der Waals surface area contributed by atoms with E-state index >= 15 is 0 Å². The highest BCUT2D eigenvalue weighted by molar-refractivity contribution is 8.00. The third kappa shape index (κ3) is 4.33. The Labute approximate surface area is 168 Å². The van der Waals surface area contributed by atoms with Gasteiger partial charge in [-0.05, 0) is 19.1 Å². The molecule has 1 aromatic carbocycles. The molecule has 8 nitrogen and oxygen atoms in total. The summed E-state index contributed by atoms with van der Waals surface area (Å²) in [5.41, 5.74) is 0.814. The van der Waals surface area contributed by atoms with Crippen LogP contribution in [0.5, 0.6) is 0 Å². The van der Waals surface area contributed by atoms with Crippen molar-refractivity contribution in [3.8, 4) is 0 Å². The van der Waals surface area contributed by atoms with E-state index in [-0.39, 0.29) is 24.6 Å². The largest absolute Gasteiger partial charge is 0.461 e. The Morgan fingerprint density at radius 1 is 1.29 bits per heavy atom. The monoisotopic (exact) mass is 425 g/mol. The van der Waals surface area contributed by atoms with Crippen LogP contribution >= 0.6 is 11.8 Å². The van der Waals surface area contributed by atoms with Gasteiger partial charge in [0, 0.05) is 30.7 Å². The highest BCUT2D eigenvalue weighted by Crippen LogP contribution is 2.29. The molecule has 1 aromatic rings. The number of nitrogens with zero attached hydrogens (tertiary/aromatic N) is 3. The van der Waals surface area contributed by atoms with Gasteiger partial charge in [0.15, 0.2) is 9.84 Å². The number of ether oxygens (including phenoxy) is 1. The summed E-state index contributed by atoms with van der Waals surface area (Å²) in [7, 11) is -3.43. The van der Waals surface area contributed by atoms with Gasteiger partial charge in [-0.15, -0.1) is 0 Å². The summed E-state index contributed by atoms with van der Waals surface area (Å²) in [6.45, 7) is 2.25. The molecule has 0 aliphatic carbocycles. The van der Waals surface area contributed by atoms with Crippen molar-refractivity contribution < 1.29 is 22.7 Å². The van der Waals surface area contributed by atoms with Gasteiger partial charge in [-0.1, -0.05) is 18.2 Å². The molecule has 0 radical (unpaired) electrons. The maximum atomic E-state index is 13.4. The topological polar surface area (TPSA) is 96.3 Å². The number of carbonyl (C=O) groups excluding carboxylic acids is 2. The molecule has 3 rings (SSSR count). The minimum absolute atomic E-state index is 0.0761. The van der Waals surface area contributed by atoms with E-state index in [1.54, 1.807) is 19.1 Å². The van der Waals surface area contributed by atoms with Crippen molar-refractivity contribution in [1.29, 1.82) is 0 Å². The molecular weight excluding hydrogens is 402 g/mol. The van der Waals surface area contributed by atoms with Gasteiger partial charge in [0.25, 0.3) is 0 Å². The van der Waals surface area contributed by atoms with Gasteiger partial charge in [-0.2, -0.15) is 16.9 Å². The van der Waals surface area contributed by atoms with Gasteiger partial charge in [0.05, 0.1) is 12.3 Å². The summed E-state index contributed by atoms with van der Waals surface area (Å²) in [4.78, 5) is 27.0. The molecule has 10 heteroatoms. The molecule has 1 amide bonds. The van der Waals surface area contributed by atoms with Crippen LogP contribution in [-0.4, -0.2) is 73.2 Å². The van der Waals surface area contributed by atoms with Gasteiger partial charge in [-0.25, -0.2) is 13.2 Å². The summed E-state index contributed by atoms with van der Waals surface area (Å²) in [5.74, 6) is 0.102. The molecule has 2 aliphatic heterocycles. The Bertz CT molecular complexity index is 872. The molecule has 2 atom stereocenters. The lowest BCUT2D eigenvalue weighted by Crippen LogP contribution is -2.55.